The van der Waals surface area contributed by atoms with E-state index in [1.54, 1.807) is 4.90 Å². The van der Waals surface area contributed by atoms with Crippen molar-refractivity contribution in [3.05, 3.63) is 64.7 Å². The molecule has 0 spiro atoms. The molecule has 2 amide bonds. The monoisotopic (exact) mass is 376 g/mol. The summed E-state index contributed by atoms with van der Waals surface area (Å²) in [6.07, 6.45) is 7.34. The summed E-state index contributed by atoms with van der Waals surface area (Å²) in [5.41, 5.74) is 5.93. The molecule has 2 aromatic carbocycles. The van der Waals surface area contributed by atoms with Crippen LogP contribution < -0.4 is 10.2 Å². The Kier molecular flexibility index (Phi) is 5.47. The molecule has 0 saturated heterocycles. The van der Waals surface area contributed by atoms with E-state index in [0.717, 1.165) is 48.9 Å². The molecule has 4 rings (SSSR count). The maximum absolute atomic E-state index is 12.9. The Morgan fingerprint density at radius 3 is 2.54 bits per heavy atom. The van der Waals surface area contributed by atoms with E-state index in [1.165, 1.54) is 24.0 Å². The molecule has 2 aromatic rings. The van der Waals surface area contributed by atoms with Gasteiger partial charge < -0.3 is 10.2 Å². The van der Waals surface area contributed by atoms with Crippen LogP contribution in [0.25, 0.3) is 0 Å². The van der Waals surface area contributed by atoms with Crippen LogP contribution >= 0.6 is 0 Å². The average Bonchev–Trinajstić information content (AvgIpc) is 2.76. The molecule has 1 aliphatic heterocycles. The molecule has 0 aromatic heterocycles. The maximum Gasteiger partial charge on any atom is 0.316 e. The van der Waals surface area contributed by atoms with Crippen LogP contribution in [0.1, 0.15) is 60.9 Å². The van der Waals surface area contributed by atoms with Gasteiger partial charge in [0.05, 0.1) is 6.04 Å². The molecular formula is C24H28N2O2. The molecule has 1 N–H and O–H groups in total. The van der Waals surface area contributed by atoms with E-state index in [2.05, 4.69) is 23.5 Å². The van der Waals surface area contributed by atoms with E-state index >= 15 is 0 Å². The van der Waals surface area contributed by atoms with Gasteiger partial charge in [0, 0.05) is 12.2 Å². The number of hydrogen-bond acceptors (Lipinski definition) is 2. The van der Waals surface area contributed by atoms with E-state index in [-0.39, 0.29) is 6.04 Å². The van der Waals surface area contributed by atoms with E-state index < -0.39 is 11.8 Å². The zero-order valence-corrected chi connectivity index (χ0v) is 16.5. The fourth-order valence-corrected chi connectivity index (χ4v) is 4.48. The Labute approximate surface area is 166 Å². The van der Waals surface area contributed by atoms with Crippen molar-refractivity contribution in [3.63, 3.8) is 0 Å². The summed E-state index contributed by atoms with van der Waals surface area (Å²) in [5.74, 6) is -0.968. The van der Waals surface area contributed by atoms with Crippen LogP contribution in [0.4, 0.5) is 5.69 Å². The third-order valence-corrected chi connectivity index (χ3v) is 6.04. The summed E-state index contributed by atoms with van der Waals surface area (Å²) in [4.78, 5) is 27.3. The molecule has 146 valence electrons. The van der Waals surface area contributed by atoms with Crippen LogP contribution in [0.3, 0.4) is 0 Å². The number of nitrogens with one attached hydrogen (secondary N) is 1. The Morgan fingerprint density at radius 2 is 1.71 bits per heavy atom. The van der Waals surface area contributed by atoms with Crippen molar-refractivity contribution in [3.8, 4) is 0 Å². The van der Waals surface area contributed by atoms with Crippen LogP contribution in [0, 0.1) is 0 Å². The second-order valence-electron chi connectivity index (χ2n) is 7.86. The smallest absolute Gasteiger partial charge is 0.316 e. The minimum atomic E-state index is -0.513. The number of benzene rings is 2. The van der Waals surface area contributed by atoms with Crippen LogP contribution in [0.15, 0.2) is 42.5 Å². The van der Waals surface area contributed by atoms with Gasteiger partial charge in [-0.15, -0.1) is 0 Å². The zero-order valence-electron chi connectivity index (χ0n) is 16.5. The first-order valence-electron chi connectivity index (χ1n) is 10.5. The molecular weight excluding hydrogens is 348 g/mol. The number of amides is 2. The van der Waals surface area contributed by atoms with Crippen molar-refractivity contribution in [2.75, 3.05) is 11.4 Å². The molecule has 4 heteroatoms. The molecule has 1 unspecified atom stereocenters. The number of aryl methyl sites for hydroxylation is 3. The van der Waals surface area contributed by atoms with Gasteiger partial charge in [-0.3, -0.25) is 9.59 Å². The number of rotatable bonds is 3. The molecule has 28 heavy (non-hydrogen) atoms. The number of nitrogens with zero attached hydrogens (tertiary/aromatic N) is 1. The first-order chi connectivity index (χ1) is 13.7. The SMILES string of the molecule is CCC(NC(=O)C(=O)N1CCCc2ccccc21)c1ccc2c(c1)CCCC2. The van der Waals surface area contributed by atoms with Crippen molar-refractivity contribution in [1.82, 2.24) is 5.32 Å². The maximum atomic E-state index is 12.9. The van der Waals surface area contributed by atoms with Gasteiger partial charge in [-0.2, -0.15) is 0 Å². The van der Waals surface area contributed by atoms with E-state index in [1.807, 2.05) is 31.2 Å². The lowest BCUT2D eigenvalue weighted by molar-refractivity contribution is -0.138. The van der Waals surface area contributed by atoms with Gasteiger partial charge in [-0.05, 0) is 73.3 Å². The minimum Gasteiger partial charge on any atom is -0.341 e. The fraction of sp³-hybridized carbons (Fsp3) is 0.417. The van der Waals surface area contributed by atoms with Gasteiger partial charge in [0.1, 0.15) is 0 Å². The van der Waals surface area contributed by atoms with Gasteiger partial charge in [-0.1, -0.05) is 43.3 Å². The second kappa shape index (κ2) is 8.17. The molecule has 1 atom stereocenters. The summed E-state index contributed by atoms with van der Waals surface area (Å²) in [5, 5.41) is 2.99. The summed E-state index contributed by atoms with van der Waals surface area (Å²) in [6.45, 7) is 2.64. The molecule has 0 saturated carbocycles. The molecule has 0 fully saturated rings. The highest BCUT2D eigenvalue weighted by atomic mass is 16.2. The molecule has 4 nitrogen and oxygen atoms in total. The van der Waals surface area contributed by atoms with E-state index in [4.69, 9.17) is 0 Å². The summed E-state index contributed by atoms with van der Waals surface area (Å²) < 4.78 is 0. The summed E-state index contributed by atoms with van der Waals surface area (Å²) in [7, 11) is 0. The third-order valence-electron chi connectivity index (χ3n) is 6.04. The van der Waals surface area contributed by atoms with E-state index in [9.17, 15) is 9.59 Å². The van der Waals surface area contributed by atoms with Gasteiger partial charge >= 0.3 is 11.8 Å². The number of anilines is 1. The predicted octanol–water partition coefficient (Wildman–Crippen LogP) is 4.11. The van der Waals surface area contributed by atoms with Crippen LogP contribution in [0.2, 0.25) is 0 Å². The molecule has 2 aliphatic rings. The van der Waals surface area contributed by atoms with E-state index in [0.29, 0.717) is 6.54 Å². The third kappa shape index (κ3) is 3.68. The average molecular weight is 377 g/mol. The van der Waals surface area contributed by atoms with Gasteiger partial charge in [0.25, 0.3) is 0 Å². The van der Waals surface area contributed by atoms with Gasteiger partial charge in [0.15, 0.2) is 0 Å². The molecule has 0 radical (unpaired) electrons. The van der Waals surface area contributed by atoms with Crippen molar-refractivity contribution in [2.24, 2.45) is 0 Å². The van der Waals surface area contributed by atoms with Gasteiger partial charge in [0.2, 0.25) is 0 Å². The van der Waals surface area contributed by atoms with Crippen molar-refractivity contribution in [2.45, 2.75) is 57.9 Å². The number of carbonyl (C=O) groups is 2. The molecule has 1 aliphatic carbocycles. The Hall–Kier alpha value is -2.62. The fourth-order valence-electron chi connectivity index (χ4n) is 4.48. The lowest BCUT2D eigenvalue weighted by atomic mass is 9.89. The lowest BCUT2D eigenvalue weighted by Crippen LogP contribution is -2.46. The first-order valence-corrected chi connectivity index (χ1v) is 10.5. The minimum absolute atomic E-state index is 0.135. The Morgan fingerprint density at radius 1 is 0.964 bits per heavy atom. The summed E-state index contributed by atoms with van der Waals surface area (Å²) in [6, 6.07) is 14.3. The Balaban J connectivity index is 1.50. The van der Waals surface area contributed by atoms with Crippen molar-refractivity contribution >= 4 is 17.5 Å². The van der Waals surface area contributed by atoms with Crippen LogP contribution in [0.5, 0.6) is 0 Å². The normalized spacial score (nSPS) is 16.7. The van der Waals surface area contributed by atoms with Crippen LogP contribution in [-0.4, -0.2) is 18.4 Å². The quantitative estimate of drug-likeness (QED) is 0.820. The molecule has 0 bridgehead atoms. The Bertz CT molecular complexity index is 890. The number of fused-ring (bicyclic) bond motifs is 2. The van der Waals surface area contributed by atoms with Crippen molar-refractivity contribution < 1.29 is 9.59 Å². The highest BCUT2D eigenvalue weighted by molar-refractivity contribution is 6.40. The van der Waals surface area contributed by atoms with Crippen LogP contribution in [-0.2, 0) is 28.9 Å². The van der Waals surface area contributed by atoms with Crippen molar-refractivity contribution in [1.29, 1.82) is 0 Å². The number of hydrogen-bond donors (Lipinski definition) is 1. The topological polar surface area (TPSA) is 49.4 Å². The predicted molar refractivity (Wildman–Crippen MR) is 111 cm³/mol. The standard InChI is InChI=1S/C24H28N2O2/c1-2-21(20-14-13-17-8-3-4-10-19(17)16-20)25-23(27)24(28)26-15-7-11-18-9-5-6-12-22(18)26/h5-6,9,12-14,16,21H,2-4,7-8,10-11,15H2,1H3,(H,25,27). The lowest BCUT2D eigenvalue weighted by Gasteiger charge is -2.29. The zero-order chi connectivity index (χ0) is 19.5. The summed E-state index contributed by atoms with van der Waals surface area (Å²) >= 11 is 0. The highest BCUT2D eigenvalue weighted by Gasteiger charge is 2.28. The second-order valence-corrected chi connectivity index (χ2v) is 7.86. The highest BCUT2D eigenvalue weighted by Crippen LogP contribution is 2.28. The largest absolute Gasteiger partial charge is 0.341 e. The number of carbonyl (C=O) groups excluding carboxylic acids is 2. The number of para-hydroxylation sites is 1. The molecule has 1 heterocycles. The van der Waals surface area contributed by atoms with Gasteiger partial charge in [-0.25, -0.2) is 0 Å². The first kappa shape index (κ1) is 18.7.